The molecule has 0 aliphatic heterocycles. The summed E-state index contributed by atoms with van der Waals surface area (Å²) in [5.74, 6) is 0.167. The number of amides is 2. The van der Waals surface area contributed by atoms with E-state index in [1.807, 2.05) is 25.1 Å². The summed E-state index contributed by atoms with van der Waals surface area (Å²) < 4.78 is 5.08. The van der Waals surface area contributed by atoms with Crippen LogP contribution in [0.2, 0.25) is 0 Å². The molecule has 6 nitrogen and oxygen atoms in total. The first-order chi connectivity index (χ1) is 14.4. The molecular weight excluding hydrogens is 398 g/mol. The molecule has 0 heterocycles. The Bertz CT molecular complexity index is 1060. The maximum absolute atomic E-state index is 12.3. The van der Waals surface area contributed by atoms with Gasteiger partial charge in [0.05, 0.1) is 7.11 Å². The van der Waals surface area contributed by atoms with E-state index in [1.165, 1.54) is 0 Å². The first kappa shape index (κ1) is 21.0. The average Bonchev–Trinajstić information content (AvgIpc) is 2.75. The first-order valence-corrected chi connectivity index (χ1v) is 9.60. The molecule has 0 saturated carbocycles. The van der Waals surface area contributed by atoms with Crippen molar-refractivity contribution in [3.63, 3.8) is 0 Å². The van der Waals surface area contributed by atoms with Crippen LogP contribution < -0.4 is 20.7 Å². The molecule has 0 bridgehead atoms. The van der Waals surface area contributed by atoms with Gasteiger partial charge in [0.25, 0.3) is 11.8 Å². The van der Waals surface area contributed by atoms with Crippen LogP contribution in [-0.4, -0.2) is 24.0 Å². The minimum Gasteiger partial charge on any atom is -0.497 e. The lowest BCUT2D eigenvalue weighted by Crippen LogP contribution is -2.34. The van der Waals surface area contributed by atoms with E-state index in [0.717, 1.165) is 5.56 Å². The normalized spacial score (nSPS) is 10.1. The highest BCUT2D eigenvalue weighted by atomic mass is 32.1. The number of carbonyl (C=O) groups excluding carboxylic acids is 2. The third-order valence-corrected chi connectivity index (χ3v) is 4.46. The van der Waals surface area contributed by atoms with Crippen molar-refractivity contribution in [2.24, 2.45) is 0 Å². The summed E-state index contributed by atoms with van der Waals surface area (Å²) in [6, 6.07) is 21.1. The van der Waals surface area contributed by atoms with E-state index in [4.69, 9.17) is 17.0 Å². The Balaban J connectivity index is 1.55. The molecule has 0 aliphatic carbocycles. The smallest absolute Gasteiger partial charge is 0.257 e. The number of methoxy groups -OCH3 is 1. The van der Waals surface area contributed by atoms with Crippen molar-refractivity contribution >= 4 is 40.5 Å². The quantitative estimate of drug-likeness (QED) is 0.535. The molecule has 152 valence electrons. The Hall–Kier alpha value is -3.71. The minimum atomic E-state index is -0.322. The molecule has 0 fully saturated rings. The van der Waals surface area contributed by atoms with Crippen molar-refractivity contribution in [2.75, 3.05) is 17.7 Å². The fourth-order valence-corrected chi connectivity index (χ4v) is 2.92. The summed E-state index contributed by atoms with van der Waals surface area (Å²) in [4.78, 5) is 24.6. The molecule has 3 N–H and O–H groups in total. The molecule has 0 unspecified atom stereocenters. The zero-order valence-electron chi connectivity index (χ0n) is 16.6. The molecule has 7 heteroatoms. The van der Waals surface area contributed by atoms with E-state index in [2.05, 4.69) is 16.0 Å². The Kier molecular flexibility index (Phi) is 6.77. The largest absolute Gasteiger partial charge is 0.497 e. The van der Waals surface area contributed by atoms with Gasteiger partial charge in [-0.25, -0.2) is 0 Å². The number of anilines is 2. The van der Waals surface area contributed by atoms with Crippen molar-refractivity contribution in [1.29, 1.82) is 0 Å². The molecular formula is C23H21N3O3S. The van der Waals surface area contributed by atoms with Crippen LogP contribution in [0, 0.1) is 6.92 Å². The number of benzene rings is 3. The van der Waals surface area contributed by atoms with Gasteiger partial charge in [-0.1, -0.05) is 17.7 Å². The van der Waals surface area contributed by atoms with Crippen LogP contribution >= 0.6 is 12.2 Å². The summed E-state index contributed by atoms with van der Waals surface area (Å²) in [7, 11) is 1.56. The van der Waals surface area contributed by atoms with Crippen LogP contribution in [0.4, 0.5) is 11.4 Å². The second-order valence-electron chi connectivity index (χ2n) is 6.54. The van der Waals surface area contributed by atoms with E-state index in [1.54, 1.807) is 61.7 Å². The topological polar surface area (TPSA) is 79.5 Å². The fourth-order valence-electron chi connectivity index (χ4n) is 2.71. The van der Waals surface area contributed by atoms with E-state index >= 15 is 0 Å². The predicted octanol–water partition coefficient (Wildman–Crippen LogP) is 4.38. The van der Waals surface area contributed by atoms with E-state index in [9.17, 15) is 9.59 Å². The third kappa shape index (κ3) is 5.65. The minimum absolute atomic E-state index is 0.173. The van der Waals surface area contributed by atoms with Gasteiger partial charge in [-0.15, -0.1) is 0 Å². The van der Waals surface area contributed by atoms with Gasteiger partial charge < -0.3 is 15.4 Å². The van der Waals surface area contributed by atoms with Crippen LogP contribution in [0.15, 0.2) is 72.8 Å². The maximum Gasteiger partial charge on any atom is 0.257 e. The molecule has 3 aromatic carbocycles. The number of thiocarbonyl (C=S) groups is 1. The Morgan fingerprint density at radius 2 is 1.43 bits per heavy atom. The molecule has 0 saturated heterocycles. The van der Waals surface area contributed by atoms with Crippen LogP contribution in [-0.2, 0) is 0 Å². The van der Waals surface area contributed by atoms with Crippen LogP contribution in [0.25, 0.3) is 0 Å². The van der Waals surface area contributed by atoms with Crippen molar-refractivity contribution in [1.82, 2.24) is 5.32 Å². The van der Waals surface area contributed by atoms with Crippen LogP contribution in [0.3, 0.4) is 0 Å². The van der Waals surface area contributed by atoms with Crippen molar-refractivity contribution in [3.05, 3.63) is 89.5 Å². The number of hydrogen-bond donors (Lipinski definition) is 3. The molecule has 2 amide bonds. The number of ether oxygens (including phenoxy) is 1. The Labute approximate surface area is 180 Å². The second-order valence-corrected chi connectivity index (χ2v) is 6.95. The van der Waals surface area contributed by atoms with Crippen molar-refractivity contribution < 1.29 is 14.3 Å². The first-order valence-electron chi connectivity index (χ1n) is 9.19. The molecule has 0 aromatic heterocycles. The highest BCUT2D eigenvalue weighted by molar-refractivity contribution is 7.80. The second kappa shape index (κ2) is 9.67. The molecule has 3 aromatic rings. The lowest BCUT2D eigenvalue weighted by atomic mass is 10.1. The Morgan fingerprint density at radius 1 is 0.800 bits per heavy atom. The van der Waals surface area contributed by atoms with Crippen molar-refractivity contribution in [3.8, 4) is 5.75 Å². The van der Waals surface area contributed by atoms with Gasteiger partial charge in [-0.3, -0.25) is 14.9 Å². The number of aryl methyl sites for hydroxylation is 1. The van der Waals surface area contributed by atoms with E-state index in [0.29, 0.717) is 28.3 Å². The summed E-state index contributed by atoms with van der Waals surface area (Å²) in [6.07, 6.45) is 0. The number of rotatable bonds is 5. The molecule has 0 atom stereocenters. The number of nitrogens with one attached hydrogen (secondary N) is 3. The average molecular weight is 420 g/mol. The highest BCUT2D eigenvalue weighted by Crippen LogP contribution is 2.15. The lowest BCUT2D eigenvalue weighted by molar-refractivity contribution is 0.0976. The van der Waals surface area contributed by atoms with Gasteiger partial charge in [0.2, 0.25) is 0 Å². The molecule has 0 radical (unpaired) electrons. The highest BCUT2D eigenvalue weighted by Gasteiger charge is 2.09. The number of hydrogen-bond acceptors (Lipinski definition) is 4. The molecule has 30 heavy (non-hydrogen) atoms. The molecule has 0 spiro atoms. The number of carbonyl (C=O) groups is 2. The van der Waals surface area contributed by atoms with Gasteiger partial charge in [0.1, 0.15) is 5.75 Å². The maximum atomic E-state index is 12.3. The monoisotopic (exact) mass is 419 g/mol. The lowest BCUT2D eigenvalue weighted by Gasteiger charge is -2.11. The van der Waals surface area contributed by atoms with Crippen molar-refractivity contribution in [2.45, 2.75) is 6.92 Å². The zero-order chi connectivity index (χ0) is 21.5. The SMILES string of the molecule is COc1ccc(C(=O)NC(=S)Nc2ccc(NC(=O)c3cccc(C)c3)cc2)cc1. The molecule has 0 aliphatic rings. The van der Waals surface area contributed by atoms with E-state index < -0.39 is 0 Å². The van der Waals surface area contributed by atoms with Crippen LogP contribution in [0.1, 0.15) is 26.3 Å². The van der Waals surface area contributed by atoms with Gasteiger partial charge in [-0.2, -0.15) is 0 Å². The molecule has 3 rings (SSSR count). The van der Waals surface area contributed by atoms with E-state index in [-0.39, 0.29) is 16.9 Å². The third-order valence-electron chi connectivity index (χ3n) is 4.26. The van der Waals surface area contributed by atoms with Crippen LogP contribution in [0.5, 0.6) is 5.75 Å². The van der Waals surface area contributed by atoms with Gasteiger partial charge >= 0.3 is 0 Å². The van der Waals surface area contributed by atoms with Gasteiger partial charge in [0.15, 0.2) is 5.11 Å². The predicted molar refractivity (Wildman–Crippen MR) is 122 cm³/mol. The van der Waals surface area contributed by atoms with Gasteiger partial charge in [0, 0.05) is 22.5 Å². The summed E-state index contributed by atoms with van der Waals surface area (Å²) in [5.41, 5.74) is 3.42. The standard InChI is InChI=1S/C23H21N3O3S/c1-15-4-3-5-17(14-15)22(28)24-18-8-10-19(11-9-18)25-23(30)26-21(27)16-6-12-20(29-2)13-7-16/h3-14H,1-2H3,(H,24,28)(H2,25,26,27,30). The fraction of sp³-hybridized carbons (Fsp3) is 0.0870. The zero-order valence-corrected chi connectivity index (χ0v) is 17.4. The summed E-state index contributed by atoms with van der Waals surface area (Å²) in [6.45, 7) is 1.94. The summed E-state index contributed by atoms with van der Waals surface area (Å²) >= 11 is 5.20. The Morgan fingerprint density at radius 3 is 2.03 bits per heavy atom. The summed E-state index contributed by atoms with van der Waals surface area (Å²) in [5, 5.41) is 8.60. The van der Waals surface area contributed by atoms with Gasteiger partial charge in [-0.05, 0) is 79.8 Å².